The molecule has 94 valence electrons. The van der Waals surface area contributed by atoms with Crippen LogP contribution in [0.3, 0.4) is 0 Å². The Morgan fingerprint density at radius 3 is 2.16 bits per heavy atom. The molecule has 3 rings (SSSR count). The molecule has 0 saturated heterocycles. The molecule has 0 atom stereocenters. The SMILES string of the molecule is Cc1cc(Sc2ccccc2)c(-c2ccccc2)o1. The lowest BCUT2D eigenvalue weighted by molar-refractivity contribution is 0.545. The third kappa shape index (κ3) is 2.74. The summed E-state index contributed by atoms with van der Waals surface area (Å²) in [4.78, 5) is 2.38. The van der Waals surface area contributed by atoms with E-state index in [-0.39, 0.29) is 0 Å². The number of furan rings is 1. The molecule has 1 heterocycles. The van der Waals surface area contributed by atoms with Crippen LogP contribution in [0.1, 0.15) is 5.76 Å². The second kappa shape index (κ2) is 5.37. The molecule has 0 amide bonds. The lowest BCUT2D eigenvalue weighted by Crippen LogP contribution is -1.76. The van der Waals surface area contributed by atoms with Crippen molar-refractivity contribution in [1.82, 2.24) is 0 Å². The molecule has 3 aromatic rings. The van der Waals surface area contributed by atoms with E-state index in [2.05, 4.69) is 42.5 Å². The van der Waals surface area contributed by atoms with Gasteiger partial charge in [-0.1, -0.05) is 60.3 Å². The largest absolute Gasteiger partial charge is 0.460 e. The first-order valence-corrected chi connectivity index (χ1v) is 7.03. The first kappa shape index (κ1) is 12.1. The summed E-state index contributed by atoms with van der Waals surface area (Å²) in [6, 6.07) is 22.7. The van der Waals surface area contributed by atoms with Crippen LogP contribution in [-0.2, 0) is 0 Å². The molecule has 19 heavy (non-hydrogen) atoms. The molecule has 0 bridgehead atoms. The van der Waals surface area contributed by atoms with Gasteiger partial charge in [0.15, 0.2) is 0 Å². The van der Waals surface area contributed by atoms with Gasteiger partial charge >= 0.3 is 0 Å². The first-order valence-electron chi connectivity index (χ1n) is 6.22. The molecule has 0 radical (unpaired) electrons. The molecule has 0 aliphatic heterocycles. The van der Waals surface area contributed by atoms with Gasteiger partial charge in [0.2, 0.25) is 0 Å². The molecule has 0 fully saturated rings. The van der Waals surface area contributed by atoms with Gasteiger partial charge in [-0.2, -0.15) is 0 Å². The fourth-order valence-corrected chi connectivity index (χ4v) is 3.00. The van der Waals surface area contributed by atoms with Crippen molar-refractivity contribution < 1.29 is 4.42 Å². The molecule has 2 heteroatoms. The van der Waals surface area contributed by atoms with Crippen molar-refractivity contribution in [3.05, 3.63) is 72.5 Å². The monoisotopic (exact) mass is 266 g/mol. The van der Waals surface area contributed by atoms with Crippen molar-refractivity contribution in [1.29, 1.82) is 0 Å². The first-order chi connectivity index (χ1) is 9.33. The third-order valence-corrected chi connectivity index (χ3v) is 3.86. The number of aryl methyl sites for hydroxylation is 1. The summed E-state index contributed by atoms with van der Waals surface area (Å²) < 4.78 is 5.85. The highest BCUT2D eigenvalue weighted by Gasteiger charge is 2.12. The van der Waals surface area contributed by atoms with Crippen LogP contribution in [0.15, 0.2) is 80.9 Å². The van der Waals surface area contributed by atoms with Crippen LogP contribution in [-0.4, -0.2) is 0 Å². The topological polar surface area (TPSA) is 13.1 Å². The average molecular weight is 266 g/mol. The van der Waals surface area contributed by atoms with Gasteiger partial charge in [0.1, 0.15) is 11.5 Å². The highest BCUT2D eigenvalue weighted by molar-refractivity contribution is 7.99. The maximum atomic E-state index is 5.85. The van der Waals surface area contributed by atoms with Crippen LogP contribution < -0.4 is 0 Å². The smallest absolute Gasteiger partial charge is 0.148 e. The number of rotatable bonds is 3. The molecule has 0 saturated carbocycles. The van der Waals surface area contributed by atoms with E-state index in [9.17, 15) is 0 Å². The molecule has 0 N–H and O–H groups in total. The van der Waals surface area contributed by atoms with E-state index in [4.69, 9.17) is 4.42 Å². The summed E-state index contributed by atoms with van der Waals surface area (Å²) in [5.41, 5.74) is 1.12. The van der Waals surface area contributed by atoms with Crippen molar-refractivity contribution in [3.63, 3.8) is 0 Å². The van der Waals surface area contributed by atoms with Gasteiger partial charge in [-0.05, 0) is 25.1 Å². The van der Waals surface area contributed by atoms with Crippen molar-refractivity contribution >= 4 is 11.8 Å². The van der Waals surface area contributed by atoms with E-state index < -0.39 is 0 Å². The van der Waals surface area contributed by atoms with Crippen molar-refractivity contribution in [2.24, 2.45) is 0 Å². The molecule has 1 aromatic heterocycles. The molecule has 0 spiro atoms. The van der Waals surface area contributed by atoms with Gasteiger partial charge in [0, 0.05) is 10.5 Å². The maximum absolute atomic E-state index is 5.85. The van der Waals surface area contributed by atoms with Crippen molar-refractivity contribution in [2.45, 2.75) is 16.7 Å². The number of benzene rings is 2. The van der Waals surface area contributed by atoms with Gasteiger partial charge in [0.05, 0.1) is 4.90 Å². The lowest BCUT2D eigenvalue weighted by Gasteiger charge is -2.02. The minimum Gasteiger partial charge on any atom is -0.460 e. The highest BCUT2D eigenvalue weighted by atomic mass is 32.2. The molecule has 2 aromatic carbocycles. The van der Waals surface area contributed by atoms with Crippen LogP contribution in [0.2, 0.25) is 0 Å². The summed E-state index contributed by atoms with van der Waals surface area (Å²) in [7, 11) is 0. The van der Waals surface area contributed by atoms with Crippen LogP contribution in [0.4, 0.5) is 0 Å². The number of hydrogen-bond acceptors (Lipinski definition) is 2. The number of hydrogen-bond donors (Lipinski definition) is 0. The van der Waals surface area contributed by atoms with Crippen LogP contribution in [0, 0.1) is 6.92 Å². The Bertz CT molecular complexity index is 656. The van der Waals surface area contributed by atoms with E-state index in [0.29, 0.717) is 0 Å². The normalized spacial score (nSPS) is 10.6. The maximum Gasteiger partial charge on any atom is 0.148 e. The van der Waals surface area contributed by atoms with Crippen LogP contribution >= 0.6 is 11.8 Å². The molecule has 0 unspecified atom stereocenters. The summed E-state index contributed by atoms with van der Waals surface area (Å²) in [6.07, 6.45) is 0. The van der Waals surface area contributed by atoms with Gasteiger partial charge in [-0.3, -0.25) is 0 Å². The minimum absolute atomic E-state index is 0.942. The Hall–Kier alpha value is -1.93. The van der Waals surface area contributed by atoms with Crippen molar-refractivity contribution in [3.8, 4) is 11.3 Å². The zero-order valence-corrected chi connectivity index (χ0v) is 11.5. The lowest BCUT2D eigenvalue weighted by atomic mass is 10.2. The Labute approximate surface area is 117 Å². The fourth-order valence-electron chi connectivity index (χ4n) is 1.97. The Morgan fingerprint density at radius 2 is 1.47 bits per heavy atom. The van der Waals surface area contributed by atoms with Crippen LogP contribution in [0.5, 0.6) is 0 Å². The molecular formula is C17H14OS. The van der Waals surface area contributed by atoms with Gasteiger partial charge in [-0.25, -0.2) is 0 Å². The van der Waals surface area contributed by atoms with Gasteiger partial charge in [-0.15, -0.1) is 0 Å². The van der Waals surface area contributed by atoms with E-state index in [1.165, 1.54) is 4.90 Å². The fraction of sp³-hybridized carbons (Fsp3) is 0.0588. The van der Waals surface area contributed by atoms with Gasteiger partial charge < -0.3 is 4.42 Å². The Kier molecular flexibility index (Phi) is 3.43. The Morgan fingerprint density at radius 1 is 0.842 bits per heavy atom. The van der Waals surface area contributed by atoms with Gasteiger partial charge in [0.25, 0.3) is 0 Å². The molecule has 0 aliphatic rings. The zero-order chi connectivity index (χ0) is 13.1. The zero-order valence-electron chi connectivity index (χ0n) is 10.7. The van der Waals surface area contributed by atoms with Crippen LogP contribution in [0.25, 0.3) is 11.3 Å². The van der Waals surface area contributed by atoms with E-state index in [0.717, 1.165) is 22.0 Å². The predicted molar refractivity (Wildman–Crippen MR) is 79.4 cm³/mol. The van der Waals surface area contributed by atoms with E-state index >= 15 is 0 Å². The highest BCUT2D eigenvalue weighted by Crippen LogP contribution is 2.38. The summed E-state index contributed by atoms with van der Waals surface area (Å²) in [5.74, 6) is 1.89. The second-order valence-electron chi connectivity index (χ2n) is 4.33. The van der Waals surface area contributed by atoms with Crippen molar-refractivity contribution in [2.75, 3.05) is 0 Å². The third-order valence-electron chi connectivity index (χ3n) is 2.83. The average Bonchev–Trinajstić information content (AvgIpc) is 2.82. The summed E-state index contributed by atoms with van der Waals surface area (Å²) >= 11 is 1.74. The summed E-state index contributed by atoms with van der Waals surface area (Å²) in [6.45, 7) is 1.99. The Balaban J connectivity index is 1.99. The minimum atomic E-state index is 0.942. The van der Waals surface area contributed by atoms with E-state index in [1.54, 1.807) is 11.8 Å². The molecular weight excluding hydrogens is 252 g/mol. The molecule has 0 aliphatic carbocycles. The quantitative estimate of drug-likeness (QED) is 0.629. The standard InChI is InChI=1S/C17H14OS/c1-13-12-16(19-15-10-6-3-7-11-15)17(18-13)14-8-4-2-5-9-14/h2-12H,1H3. The van der Waals surface area contributed by atoms with E-state index in [1.807, 2.05) is 31.2 Å². The second-order valence-corrected chi connectivity index (χ2v) is 5.45. The molecule has 1 nitrogen and oxygen atoms in total. The predicted octanol–water partition coefficient (Wildman–Crippen LogP) is 5.41. The summed E-state index contributed by atoms with van der Waals surface area (Å²) in [5, 5.41) is 0.